The highest BCUT2D eigenvalue weighted by molar-refractivity contribution is 6.09. The lowest BCUT2D eigenvalue weighted by Gasteiger charge is -2.41. The van der Waals surface area contributed by atoms with Crippen LogP contribution in [0.5, 0.6) is 11.5 Å². The zero-order chi connectivity index (χ0) is 25.9. The minimum absolute atomic E-state index is 0.0249. The molecule has 2 aliphatic heterocycles. The van der Waals surface area contributed by atoms with Crippen LogP contribution < -0.4 is 14.8 Å². The van der Waals surface area contributed by atoms with E-state index >= 15 is 0 Å². The molecule has 2 aromatic heterocycles. The highest BCUT2D eigenvalue weighted by atomic mass is 19.1. The van der Waals surface area contributed by atoms with E-state index in [4.69, 9.17) is 19.6 Å². The molecule has 37 heavy (non-hydrogen) atoms. The first-order valence-electron chi connectivity index (χ1n) is 12.4. The van der Waals surface area contributed by atoms with Crippen LogP contribution >= 0.6 is 0 Å². The number of rotatable bonds is 9. The van der Waals surface area contributed by atoms with E-state index in [1.54, 1.807) is 12.4 Å². The third-order valence-electron chi connectivity index (χ3n) is 7.28. The molecule has 0 atom stereocenters. The van der Waals surface area contributed by atoms with Crippen LogP contribution in [0.15, 0.2) is 30.7 Å². The Morgan fingerprint density at radius 3 is 2.49 bits per heavy atom. The highest BCUT2D eigenvalue weighted by Crippen LogP contribution is 2.34. The van der Waals surface area contributed by atoms with Crippen molar-refractivity contribution < 1.29 is 23.0 Å². The fraction of sp³-hybridized carbons (Fsp3) is 0.407. The molecule has 4 heterocycles. The number of halogens is 2. The summed E-state index contributed by atoms with van der Waals surface area (Å²) < 4.78 is 45.4. The summed E-state index contributed by atoms with van der Waals surface area (Å²) in [5, 5.41) is 12.2. The van der Waals surface area contributed by atoms with Crippen LogP contribution in [0.4, 0.5) is 8.78 Å². The number of aromatic amines is 1. The first-order valence-corrected chi connectivity index (χ1v) is 12.4. The van der Waals surface area contributed by atoms with Crippen LogP contribution in [0.1, 0.15) is 29.5 Å². The fourth-order valence-corrected chi connectivity index (χ4v) is 4.93. The second kappa shape index (κ2) is 10.9. The number of aromatic nitrogens is 2. The maximum absolute atomic E-state index is 15.0. The minimum atomic E-state index is -0.764. The summed E-state index contributed by atoms with van der Waals surface area (Å²) in [6.45, 7) is 3.72. The van der Waals surface area contributed by atoms with Gasteiger partial charge in [-0.05, 0) is 24.5 Å². The number of hydrogen-bond acceptors (Lipinski definition) is 7. The SMILES string of the molecule is COc1cc(OC)c(F)c(Cc2c[nH]c3ncc(/C(C=N)=C/NC4CCN(C5COC5)CC4)cc23)c1F. The van der Waals surface area contributed by atoms with Gasteiger partial charge in [0.1, 0.15) is 5.65 Å². The van der Waals surface area contributed by atoms with Gasteiger partial charge in [0.15, 0.2) is 23.1 Å². The lowest BCUT2D eigenvalue weighted by Crippen LogP contribution is -2.53. The van der Waals surface area contributed by atoms with Crippen molar-refractivity contribution in [2.75, 3.05) is 40.5 Å². The van der Waals surface area contributed by atoms with E-state index in [1.807, 2.05) is 12.3 Å². The Balaban J connectivity index is 1.36. The summed E-state index contributed by atoms with van der Waals surface area (Å²) >= 11 is 0. The summed E-state index contributed by atoms with van der Waals surface area (Å²) in [6, 6.07) is 3.98. The number of H-pyrrole nitrogens is 1. The topological polar surface area (TPSA) is 95.5 Å². The van der Waals surface area contributed by atoms with Crippen molar-refractivity contribution in [2.24, 2.45) is 0 Å². The van der Waals surface area contributed by atoms with Crippen LogP contribution in [-0.2, 0) is 11.2 Å². The van der Waals surface area contributed by atoms with Crippen LogP contribution in [0.2, 0.25) is 0 Å². The molecule has 2 aliphatic rings. The summed E-state index contributed by atoms with van der Waals surface area (Å²) in [6.07, 6.45) is 8.56. The Morgan fingerprint density at radius 1 is 1.19 bits per heavy atom. The summed E-state index contributed by atoms with van der Waals surface area (Å²) in [5.41, 5.74) is 2.54. The van der Waals surface area contributed by atoms with Crippen LogP contribution in [0.25, 0.3) is 16.6 Å². The average Bonchev–Trinajstić information content (AvgIpc) is 3.29. The van der Waals surface area contributed by atoms with Crippen molar-refractivity contribution in [3.63, 3.8) is 0 Å². The minimum Gasteiger partial charge on any atom is -0.494 e. The van der Waals surface area contributed by atoms with E-state index in [9.17, 15) is 8.78 Å². The molecule has 1 aromatic carbocycles. The third kappa shape index (κ3) is 5.03. The number of nitrogens with zero attached hydrogens (tertiary/aromatic N) is 2. The monoisotopic (exact) mass is 511 g/mol. The van der Waals surface area contributed by atoms with Gasteiger partial charge < -0.3 is 29.9 Å². The second-order valence-electron chi connectivity index (χ2n) is 9.41. The molecule has 2 fully saturated rings. The molecule has 5 rings (SSSR count). The van der Waals surface area contributed by atoms with Gasteiger partial charge in [-0.1, -0.05) is 0 Å². The van der Waals surface area contributed by atoms with E-state index in [0.717, 1.165) is 50.1 Å². The summed E-state index contributed by atoms with van der Waals surface area (Å²) in [7, 11) is 2.65. The van der Waals surface area contributed by atoms with E-state index < -0.39 is 11.6 Å². The molecule has 3 aromatic rings. The Labute approximate surface area is 214 Å². The van der Waals surface area contributed by atoms with Crippen LogP contribution in [0.3, 0.4) is 0 Å². The number of hydrogen-bond donors (Lipinski definition) is 3. The van der Waals surface area contributed by atoms with E-state index in [0.29, 0.717) is 28.9 Å². The predicted molar refractivity (Wildman–Crippen MR) is 137 cm³/mol. The molecule has 0 saturated carbocycles. The van der Waals surface area contributed by atoms with Gasteiger partial charge >= 0.3 is 0 Å². The van der Waals surface area contributed by atoms with E-state index in [-0.39, 0.29) is 23.5 Å². The summed E-state index contributed by atoms with van der Waals surface area (Å²) in [4.78, 5) is 10.0. The zero-order valence-corrected chi connectivity index (χ0v) is 20.9. The average molecular weight is 512 g/mol. The first-order chi connectivity index (χ1) is 18.0. The lowest BCUT2D eigenvalue weighted by atomic mass is 10.0. The van der Waals surface area contributed by atoms with Gasteiger partial charge in [-0.25, -0.2) is 13.8 Å². The van der Waals surface area contributed by atoms with Crippen molar-refractivity contribution in [1.82, 2.24) is 20.2 Å². The normalized spacial score (nSPS) is 17.6. The smallest absolute Gasteiger partial charge is 0.171 e. The number of pyridine rings is 1. The van der Waals surface area contributed by atoms with Gasteiger partial charge in [-0.15, -0.1) is 0 Å². The summed E-state index contributed by atoms with van der Waals surface area (Å²) in [5.74, 6) is -1.70. The third-order valence-corrected chi connectivity index (χ3v) is 7.28. The van der Waals surface area contributed by atoms with Crippen molar-refractivity contribution in [3.05, 3.63) is 59.1 Å². The first kappa shape index (κ1) is 25.2. The maximum Gasteiger partial charge on any atom is 0.171 e. The van der Waals surface area contributed by atoms with Crippen LogP contribution in [0, 0.1) is 17.0 Å². The second-order valence-corrected chi connectivity index (χ2v) is 9.41. The molecular weight excluding hydrogens is 480 g/mol. The standard InChI is InChI=1S/C27H31F2N5O3/c1-35-23-9-24(36-2)26(29)22(25(23)28)8-17-12-33-27-21(17)7-16(11-32-27)18(10-30)13-31-19-3-5-34(6-4-19)20-14-37-15-20/h7,9-13,19-20,30-31H,3-6,8,14-15H2,1-2H3,(H,32,33)/b18-13+,30-10?. The van der Waals surface area contributed by atoms with Gasteiger partial charge in [-0.3, -0.25) is 4.90 Å². The molecule has 0 unspecified atom stereocenters. The predicted octanol–water partition coefficient (Wildman–Crippen LogP) is 3.89. The Bertz CT molecular complexity index is 1280. The Morgan fingerprint density at radius 2 is 1.89 bits per heavy atom. The lowest BCUT2D eigenvalue weighted by molar-refractivity contribution is -0.0716. The van der Waals surface area contributed by atoms with Crippen LogP contribution in [-0.4, -0.2) is 73.7 Å². The maximum atomic E-state index is 15.0. The highest BCUT2D eigenvalue weighted by Gasteiger charge is 2.29. The molecule has 0 aliphatic carbocycles. The molecule has 8 nitrogen and oxygen atoms in total. The number of allylic oxidation sites excluding steroid dienone is 1. The molecule has 2 saturated heterocycles. The van der Waals surface area contributed by atoms with E-state index in [2.05, 4.69) is 20.2 Å². The molecular formula is C27H31F2N5O3. The Kier molecular flexibility index (Phi) is 7.38. The zero-order valence-electron chi connectivity index (χ0n) is 20.9. The quantitative estimate of drug-likeness (QED) is 0.378. The molecule has 0 radical (unpaired) electrons. The van der Waals surface area contributed by atoms with Crippen molar-refractivity contribution in [1.29, 1.82) is 5.41 Å². The van der Waals surface area contributed by atoms with Gasteiger partial charge in [0.2, 0.25) is 0 Å². The number of fused-ring (bicyclic) bond motifs is 1. The molecule has 10 heteroatoms. The number of ether oxygens (including phenoxy) is 3. The number of benzene rings is 1. The molecule has 0 bridgehead atoms. The van der Waals surface area contributed by atoms with Crippen molar-refractivity contribution in [3.8, 4) is 11.5 Å². The Hall–Kier alpha value is -3.50. The van der Waals surface area contributed by atoms with Gasteiger partial charge in [-0.2, -0.15) is 0 Å². The molecule has 196 valence electrons. The van der Waals surface area contributed by atoms with Gasteiger partial charge in [0.05, 0.1) is 33.5 Å². The fourth-order valence-electron chi connectivity index (χ4n) is 4.93. The van der Waals surface area contributed by atoms with E-state index in [1.165, 1.54) is 26.5 Å². The van der Waals surface area contributed by atoms with Gasteiger partial charge in [0.25, 0.3) is 0 Å². The largest absolute Gasteiger partial charge is 0.494 e. The number of piperidine rings is 1. The number of nitrogens with one attached hydrogen (secondary N) is 3. The number of methoxy groups -OCH3 is 2. The number of likely N-dealkylation sites (tertiary alicyclic amines) is 1. The molecule has 0 amide bonds. The molecule has 3 N–H and O–H groups in total. The van der Waals surface area contributed by atoms with Crippen molar-refractivity contribution in [2.45, 2.75) is 31.3 Å². The van der Waals surface area contributed by atoms with Gasteiger partial charge in [0, 0.05) is 78.5 Å². The van der Waals surface area contributed by atoms with Crippen molar-refractivity contribution >= 4 is 22.8 Å². The molecule has 0 spiro atoms.